The normalized spacial score (nSPS) is 47.4. The van der Waals surface area contributed by atoms with Gasteiger partial charge in [0.15, 0.2) is 6.29 Å². The van der Waals surface area contributed by atoms with Crippen LogP contribution in [-0.2, 0) is 19.1 Å². The number of aliphatic hydroxyl groups is 7. The molecule has 8 fully saturated rings. The Labute approximate surface area is 432 Å². The minimum Gasteiger partial charge on any atom is -0.481 e. The van der Waals surface area contributed by atoms with Crippen molar-refractivity contribution in [3.63, 3.8) is 0 Å². The van der Waals surface area contributed by atoms with E-state index in [1.807, 2.05) is 13.1 Å². The van der Waals surface area contributed by atoms with Gasteiger partial charge < -0.3 is 66.4 Å². The fraction of sp³-hybridized carbons (Fsp3) is 0.877. The third-order valence-corrected chi connectivity index (χ3v) is 23.8. The Bertz CT molecular complexity index is 2190. The van der Waals surface area contributed by atoms with Crippen molar-refractivity contribution in [3.05, 3.63) is 29.9 Å². The number of carboxylic acids is 1. The SMILES string of the molecule is C[C@]1(CO)CC[C@]2(C(=O)O)CC[C@]3(C)C(=CC[C@@H]4[C@]5(C6CCCCC6)[C@H](CC[C@]43C)[C@](C)([C@H](O)CO)[C@H](O[C@@H]3OC[C@@H](O)[C@H](O)[C@H]3O)[C@H](O)[C@@H]5C[C@@H]3[C@@H]([C@H](CCCN)c4cnc[nH]4)NC(=O)C34CCCC4)[C@@H]2C1. The van der Waals surface area contributed by atoms with E-state index in [1.54, 1.807) is 6.33 Å². The first kappa shape index (κ1) is 53.9. The summed E-state index contributed by atoms with van der Waals surface area (Å²) in [5, 5.41) is 97.1. The van der Waals surface area contributed by atoms with Crippen molar-refractivity contribution >= 4 is 11.9 Å². The van der Waals surface area contributed by atoms with Gasteiger partial charge in [0.05, 0.1) is 48.7 Å². The van der Waals surface area contributed by atoms with Gasteiger partial charge in [-0.2, -0.15) is 0 Å². The van der Waals surface area contributed by atoms with Crippen molar-refractivity contribution < 1.29 is 59.9 Å². The van der Waals surface area contributed by atoms with E-state index in [0.717, 1.165) is 63.5 Å². The summed E-state index contributed by atoms with van der Waals surface area (Å²) in [5.74, 6) is -2.32. The number of aliphatic carboxylic acids is 1. The summed E-state index contributed by atoms with van der Waals surface area (Å²) in [6, 6.07) is -0.331. The molecule has 1 aromatic heterocycles. The molecule has 20 atom stereocenters. The van der Waals surface area contributed by atoms with Gasteiger partial charge >= 0.3 is 5.97 Å². The zero-order valence-electron chi connectivity index (χ0n) is 44.1. The number of aliphatic hydroxyl groups excluding tert-OH is 7. The van der Waals surface area contributed by atoms with Crippen LogP contribution in [0.25, 0.3) is 0 Å². The number of aromatic nitrogens is 2. The van der Waals surface area contributed by atoms with Crippen molar-refractivity contribution in [2.24, 2.45) is 79.1 Å². The molecule has 1 spiro atoms. The van der Waals surface area contributed by atoms with Crippen LogP contribution in [0.3, 0.4) is 0 Å². The molecule has 1 amide bonds. The number of aromatic amines is 1. The number of fused-ring (bicyclic) bond motifs is 7. The van der Waals surface area contributed by atoms with Gasteiger partial charge in [-0.05, 0) is 160 Å². The molecule has 6 saturated carbocycles. The summed E-state index contributed by atoms with van der Waals surface area (Å²) >= 11 is 0. The van der Waals surface area contributed by atoms with E-state index in [4.69, 9.17) is 15.2 Å². The van der Waals surface area contributed by atoms with Crippen LogP contribution in [0.1, 0.15) is 168 Å². The number of nitrogens with zero attached hydrogens (tertiary/aromatic N) is 1. The van der Waals surface area contributed by atoms with Crippen LogP contribution in [0.5, 0.6) is 0 Å². The highest BCUT2D eigenvalue weighted by Gasteiger charge is 2.77. The van der Waals surface area contributed by atoms with E-state index in [2.05, 4.69) is 42.1 Å². The smallest absolute Gasteiger partial charge is 0.310 e. The maximum atomic E-state index is 15.1. The summed E-state index contributed by atoms with van der Waals surface area (Å²) in [7, 11) is 0. The Balaban J connectivity index is 1.20. The van der Waals surface area contributed by atoms with Crippen LogP contribution in [0.15, 0.2) is 24.2 Å². The van der Waals surface area contributed by atoms with Crippen LogP contribution >= 0.6 is 0 Å². The second-order valence-electron chi connectivity index (χ2n) is 26.5. The third-order valence-electron chi connectivity index (χ3n) is 23.8. The van der Waals surface area contributed by atoms with Gasteiger partial charge in [-0.25, -0.2) is 4.98 Å². The van der Waals surface area contributed by atoms with Gasteiger partial charge in [0.25, 0.3) is 0 Å². The molecule has 2 saturated heterocycles. The molecule has 73 heavy (non-hydrogen) atoms. The van der Waals surface area contributed by atoms with E-state index in [1.165, 1.54) is 5.57 Å². The molecule has 7 aliphatic carbocycles. The number of rotatable bonds is 14. The summed E-state index contributed by atoms with van der Waals surface area (Å²) in [6.45, 7) is 8.39. The minimum atomic E-state index is -1.68. The predicted molar refractivity (Wildman–Crippen MR) is 270 cm³/mol. The fourth-order valence-corrected chi connectivity index (χ4v) is 19.7. The molecule has 0 radical (unpaired) electrons. The summed E-state index contributed by atoms with van der Waals surface area (Å²) in [5.41, 5.74) is 3.33. The highest BCUT2D eigenvalue weighted by Crippen LogP contribution is 2.80. The van der Waals surface area contributed by atoms with E-state index in [-0.39, 0.29) is 60.7 Å². The number of H-pyrrole nitrogens is 1. The number of hydrogen-bond acceptors (Lipinski definition) is 13. The van der Waals surface area contributed by atoms with E-state index in [9.17, 15) is 45.6 Å². The quantitative estimate of drug-likeness (QED) is 0.0858. The first-order chi connectivity index (χ1) is 34.8. The van der Waals surface area contributed by atoms with Crippen LogP contribution in [0.4, 0.5) is 0 Å². The summed E-state index contributed by atoms with van der Waals surface area (Å²) in [6.07, 6.45) is 10.7. The Kier molecular flexibility index (Phi) is 14.6. The molecule has 10 rings (SSSR count). The minimum absolute atomic E-state index is 0.0128. The van der Waals surface area contributed by atoms with Gasteiger partial charge in [-0.15, -0.1) is 0 Å². The largest absolute Gasteiger partial charge is 0.481 e. The van der Waals surface area contributed by atoms with Crippen molar-refractivity contribution in [3.8, 4) is 0 Å². The number of carboxylic acid groups (broad SMARTS) is 1. The number of amides is 1. The Morgan fingerprint density at radius 2 is 1.63 bits per heavy atom. The van der Waals surface area contributed by atoms with Crippen LogP contribution in [0, 0.1) is 73.4 Å². The van der Waals surface area contributed by atoms with Gasteiger partial charge in [0, 0.05) is 35.9 Å². The van der Waals surface area contributed by atoms with Gasteiger partial charge in [-0.3, -0.25) is 9.59 Å². The molecule has 16 heteroatoms. The molecule has 9 aliphatic rings. The van der Waals surface area contributed by atoms with Crippen molar-refractivity contribution in [1.82, 2.24) is 15.3 Å². The number of nitrogens with two attached hydrogens (primary N) is 1. The van der Waals surface area contributed by atoms with Gasteiger partial charge in [0.1, 0.15) is 18.3 Å². The second kappa shape index (κ2) is 19.7. The average molecular weight is 1020 g/mol. The van der Waals surface area contributed by atoms with Crippen molar-refractivity contribution in [2.45, 2.75) is 211 Å². The molecule has 410 valence electrons. The average Bonchev–Trinajstić information content (AvgIpc) is 4.17. The first-order valence-electron chi connectivity index (χ1n) is 28.6. The Hall–Kier alpha value is -2.51. The zero-order chi connectivity index (χ0) is 52.1. The number of nitrogens with one attached hydrogen (secondary N) is 2. The van der Waals surface area contributed by atoms with Gasteiger partial charge in [0.2, 0.25) is 5.91 Å². The molecular weight excluding hydrogens is 933 g/mol. The van der Waals surface area contributed by atoms with Crippen molar-refractivity contribution in [2.75, 3.05) is 26.4 Å². The third kappa shape index (κ3) is 7.87. The maximum Gasteiger partial charge on any atom is 0.310 e. The molecular formula is C57H90N4O12. The number of ether oxygens (including phenoxy) is 2. The van der Waals surface area contributed by atoms with Crippen LogP contribution in [-0.4, -0.2) is 138 Å². The fourth-order valence-electron chi connectivity index (χ4n) is 19.7. The summed E-state index contributed by atoms with van der Waals surface area (Å²) < 4.78 is 12.9. The number of carbonyl (C=O) groups excluding carboxylic acids is 1. The molecule has 3 heterocycles. The lowest BCUT2D eigenvalue weighted by molar-refractivity contribution is -0.358. The van der Waals surface area contributed by atoms with E-state index >= 15 is 4.79 Å². The van der Waals surface area contributed by atoms with Crippen molar-refractivity contribution in [1.29, 1.82) is 0 Å². The molecule has 2 aliphatic heterocycles. The second-order valence-corrected chi connectivity index (χ2v) is 26.5. The lowest BCUT2D eigenvalue weighted by Crippen LogP contribution is -2.76. The number of carbonyl (C=O) groups is 2. The maximum absolute atomic E-state index is 15.1. The van der Waals surface area contributed by atoms with E-state index < -0.39 is 99.3 Å². The molecule has 12 N–H and O–H groups in total. The molecule has 0 aromatic carbocycles. The number of allylic oxidation sites excluding steroid dienone is 2. The topological polar surface area (TPSA) is 281 Å². The Morgan fingerprint density at radius 1 is 0.904 bits per heavy atom. The Morgan fingerprint density at radius 3 is 2.29 bits per heavy atom. The van der Waals surface area contributed by atoms with Crippen LogP contribution in [0.2, 0.25) is 0 Å². The highest BCUT2D eigenvalue weighted by atomic mass is 16.7. The van der Waals surface area contributed by atoms with Crippen LogP contribution < -0.4 is 11.1 Å². The summed E-state index contributed by atoms with van der Waals surface area (Å²) in [4.78, 5) is 36.6. The monoisotopic (exact) mass is 1020 g/mol. The molecule has 0 unspecified atom stereocenters. The predicted octanol–water partition coefficient (Wildman–Crippen LogP) is 5.07. The zero-order valence-corrected chi connectivity index (χ0v) is 44.1. The lowest BCUT2D eigenvalue weighted by Gasteiger charge is -2.76. The molecule has 16 nitrogen and oxygen atoms in total. The number of hydrogen-bond donors (Lipinski definition) is 11. The van der Waals surface area contributed by atoms with E-state index in [0.29, 0.717) is 77.2 Å². The number of imidazole rings is 1. The standard InChI is InChI=1S/C57H90N4O12/c1-51(30-63)20-22-56(50(70)71)23-21-52(2)34(37(56)26-51)14-15-40-53(52,3)19-16-41-54(4,42(65)28-62)47(73-48-46(68)45(67)39(64)29-72-48)44(66)36(57(40,41)32-11-6-5-7-12-32)25-35-43(61-49(69)55(35)17-8-9-18-55)33(13-10-24-58)38-27-59-31-60-38/h14,27,31-33,35-37,39-48,62-68H,5-13,15-26,28-30,58H2,1-4H3,(H,59,60)(H,61,69)(H,70,71)/t33-,35-,36+,37+,39-,40+,41-,42-,43-,44-,45+,46-,47-,48+,51+,52-,53-,54-,56+,57-/m1/s1. The first-order valence-corrected chi connectivity index (χ1v) is 28.6. The highest BCUT2D eigenvalue weighted by molar-refractivity contribution is 5.86. The molecule has 1 aromatic rings. The van der Waals surface area contributed by atoms with Gasteiger partial charge in [-0.1, -0.05) is 71.4 Å². The molecule has 0 bridgehead atoms. The lowest BCUT2D eigenvalue weighted by atomic mass is 9.28.